The Kier molecular flexibility index (Phi) is 6.30. The molecule has 0 spiro atoms. The van der Waals surface area contributed by atoms with Crippen LogP contribution in [0.5, 0.6) is 0 Å². The first kappa shape index (κ1) is 19.2. The van der Waals surface area contributed by atoms with Gasteiger partial charge in [-0.2, -0.15) is 0 Å². The Bertz CT molecular complexity index is 200. The van der Waals surface area contributed by atoms with E-state index in [1.807, 2.05) is 0 Å². The van der Waals surface area contributed by atoms with Crippen LogP contribution in [-0.4, -0.2) is 16.6 Å². The maximum Gasteiger partial charge on any atom is 0.178 e. The summed E-state index contributed by atoms with van der Waals surface area (Å²) in [5, 5.41) is 0.644. The summed E-state index contributed by atoms with van der Waals surface area (Å²) in [5.41, 5.74) is 0. The summed E-state index contributed by atoms with van der Waals surface area (Å²) in [4.78, 5) is 0. The minimum absolute atomic E-state index is 0. The Labute approximate surface area is 115 Å². The van der Waals surface area contributed by atoms with Crippen molar-refractivity contribution < 1.29 is 4.12 Å². The molecule has 0 aromatic carbocycles. The van der Waals surface area contributed by atoms with E-state index in [1.165, 1.54) is 0 Å². The zero-order valence-electron chi connectivity index (χ0n) is 12.8. The monoisotopic (exact) mass is 326 g/mol. The summed E-state index contributed by atoms with van der Waals surface area (Å²) in [6, 6.07) is 0. The van der Waals surface area contributed by atoms with Crippen molar-refractivity contribution in [2.45, 2.75) is 77.8 Å². The van der Waals surface area contributed by atoms with Gasteiger partial charge in [0, 0.05) is 0 Å². The number of rotatable bonds is 2. The second kappa shape index (κ2) is 5.25. The maximum atomic E-state index is 6.63. The minimum Gasteiger partial charge on any atom is -0.455 e. The molecule has 0 heterocycles. The van der Waals surface area contributed by atoms with E-state index in [9.17, 15) is 0 Å². The van der Waals surface area contributed by atoms with Crippen LogP contribution >= 0.6 is 17.0 Å². The molecule has 0 saturated heterocycles. The van der Waals surface area contributed by atoms with Crippen LogP contribution in [0.3, 0.4) is 0 Å². The highest BCUT2D eigenvalue weighted by Gasteiger charge is 2.46. The third-order valence-corrected chi connectivity index (χ3v) is 15.4. The molecule has 0 N–H and O–H groups in total. The molecule has 0 saturated carbocycles. The predicted octanol–water partition coefficient (Wildman–Crippen LogP) is 5.59. The normalized spacial score (nSPS) is 14.6. The summed E-state index contributed by atoms with van der Waals surface area (Å²) in [6.45, 7) is 23.3. The van der Waals surface area contributed by atoms with Crippen LogP contribution < -0.4 is 0 Å². The van der Waals surface area contributed by atoms with Crippen molar-refractivity contribution in [2.24, 2.45) is 0 Å². The third kappa shape index (κ3) is 4.63. The molecule has 0 aliphatic heterocycles. The summed E-state index contributed by atoms with van der Waals surface area (Å²) in [6.07, 6.45) is 0. The van der Waals surface area contributed by atoms with Gasteiger partial charge >= 0.3 is 0 Å². The molecular formula is C12H31BrOSi2. The molecule has 0 atom stereocenters. The fourth-order valence-corrected chi connectivity index (χ4v) is 8.50. The summed E-state index contributed by atoms with van der Waals surface area (Å²) >= 11 is 0. The van der Waals surface area contributed by atoms with Gasteiger partial charge in [0.25, 0.3) is 0 Å². The number of hydrogen-bond acceptors (Lipinski definition) is 1. The van der Waals surface area contributed by atoms with Gasteiger partial charge in [0.15, 0.2) is 16.6 Å². The molecule has 0 aliphatic carbocycles. The molecule has 0 rings (SSSR count). The van der Waals surface area contributed by atoms with Crippen LogP contribution in [0.2, 0.25) is 36.3 Å². The van der Waals surface area contributed by atoms with Crippen molar-refractivity contribution >= 4 is 33.6 Å². The minimum atomic E-state index is -1.59. The van der Waals surface area contributed by atoms with E-state index in [0.717, 1.165) is 0 Å². The molecular weight excluding hydrogens is 296 g/mol. The van der Waals surface area contributed by atoms with E-state index in [2.05, 4.69) is 67.7 Å². The van der Waals surface area contributed by atoms with Gasteiger partial charge in [-0.15, -0.1) is 17.0 Å². The van der Waals surface area contributed by atoms with Gasteiger partial charge < -0.3 is 4.12 Å². The smallest absolute Gasteiger partial charge is 0.178 e. The summed E-state index contributed by atoms with van der Waals surface area (Å²) < 4.78 is 6.63. The van der Waals surface area contributed by atoms with Crippen LogP contribution in [0.4, 0.5) is 0 Å². The molecule has 0 aromatic heterocycles. The zero-order valence-corrected chi connectivity index (χ0v) is 16.5. The first-order valence-electron chi connectivity index (χ1n) is 5.91. The quantitative estimate of drug-likeness (QED) is 0.601. The largest absolute Gasteiger partial charge is 0.455 e. The average molecular weight is 327 g/mol. The van der Waals surface area contributed by atoms with Gasteiger partial charge in [0.2, 0.25) is 0 Å². The van der Waals surface area contributed by atoms with Gasteiger partial charge in [0.05, 0.1) is 0 Å². The van der Waals surface area contributed by atoms with Crippen molar-refractivity contribution in [1.29, 1.82) is 0 Å². The van der Waals surface area contributed by atoms with E-state index >= 15 is 0 Å². The molecule has 4 heteroatoms. The first-order valence-corrected chi connectivity index (χ1v) is 11.7. The van der Waals surface area contributed by atoms with Gasteiger partial charge in [-0.25, -0.2) is 0 Å². The highest BCUT2D eigenvalue weighted by Crippen LogP contribution is 2.44. The standard InChI is InChI=1S/C12H30OSi2.BrH/c1-11(2,3)14(7,8)13-15(9,10)12(4,5)6;/h1-10H3;1H. The Hall–Kier alpha value is 0.874. The lowest BCUT2D eigenvalue weighted by Crippen LogP contribution is -2.53. The van der Waals surface area contributed by atoms with E-state index in [-0.39, 0.29) is 17.0 Å². The molecule has 0 unspecified atom stereocenters. The average Bonchev–Trinajstić information content (AvgIpc) is 1.77. The Balaban J connectivity index is 0. The van der Waals surface area contributed by atoms with Gasteiger partial charge in [-0.3, -0.25) is 0 Å². The third-order valence-electron chi connectivity index (χ3n) is 4.12. The number of halogens is 1. The summed E-state index contributed by atoms with van der Waals surface area (Å²) in [5.74, 6) is 0. The Morgan fingerprint density at radius 3 is 0.938 bits per heavy atom. The molecule has 0 radical (unpaired) electrons. The van der Waals surface area contributed by atoms with Crippen LogP contribution in [-0.2, 0) is 4.12 Å². The highest BCUT2D eigenvalue weighted by molar-refractivity contribution is 8.93. The van der Waals surface area contributed by atoms with Crippen molar-refractivity contribution in [3.05, 3.63) is 0 Å². The Morgan fingerprint density at radius 2 is 0.812 bits per heavy atom. The van der Waals surface area contributed by atoms with Crippen LogP contribution in [0.25, 0.3) is 0 Å². The van der Waals surface area contributed by atoms with E-state index in [4.69, 9.17) is 4.12 Å². The van der Waals surface area contributed by atoms with E-state index in [1.54, 1.807) is 0 Å². The van der Waals surface area contributed by atoms with Crippen LogP contribution in [0, 0.1) is 0 Å². The molecule has 0 bridgehead atoms. The summed E-state index contributed by atoms with van der Waals surface area (Å²) in [7, 11) is -3.18. The SMILES string of the molecule is Br.CC(C)(C)[Si](C)(C)O[Si](C)(C)C(C)(C)C. The predicted molar refractivity (Wildman–Crippen MR) is 85.8 cm³/mol. The lowest BCUT2D eigenvalue weighted by molar-refractivity contribution is 0.449. The van der Waals surface area contributed by atoms with E-state index < -0.39 is 16.6 Å². The van der Waals surface area contributed by atoms with Crippen molar-refractivity contribution in [3.63, 3.8) is 0 Å². The van der Waals surface area contributed by atoms with E-state index in [0.29, 0.717) is 10.1 Å². The molecule has 0 fully saturated rings. The maximum absolute atomic E-state index is 6.63. The second-order valence-electron chi connectivity index (χ2n) is 7.62. The number of hydrogen-bond donors (Lipinski definition) is 0. The van der Waals surface area contributed by atoms with Crippen LogP contribution in [0.1, 0.15) is 41.5 Å². The molecule has 0 aromatic rings. The van der Waals surface area contributed by atoms with Crippen LogP contribution in [0.15, 0.2) is 0 Å². The zero-order chi connectivity index (χ0) is 12.7. The molecule has 0 aliphatic rings. The molecule has 16 heavy (non-hydrogen) atoms. The van der Waals surface area contributed by atoms with Crippen molar-refractivity contribution in [1.82, 2.24) is 0 Å². The highest BCUT2D eigenvalue weighted by atomic mass is 79.9. The first-order chi connectivity index (χ1) is 6.21. The molecule has 100 valence electrons. The fraction of sp³-hybridized carbons (Fsp3) is 1.00. The molecule has 1 nitrogen and oxygen atoms in total. The van der Waals surface area contributed by atoms with Gasteiger partial charge in [0.1, 0.15) is 0 Å². The topological polar surface area (TPSA) is 9.23 Å². The second-order valence-corrected chi connectivity index (χ2v) is 17.5. The molecule has 0 amide bonds. The van der Waals surface area contributed by atoms with Gasteiger partial charge in [-0.1, -0.05) is 41.5 Å². The lowest BCUT2D eigenvalue weighted by Gasteiger charge is -2.47. The Morgan fingerprint density at radius 1 is 0.625 bits per heavy atom. The van der Waals surface area contributed by atoms with Crippen molar-refractivity contribution in [3.8, 4) is 0 Å². The van der Waals surface area contributed by atoms with Crippen molar-refractivity contribution in [2.75, 3.05) is 0 Å². The lowest BCUT2D eigenvalue weighted by atomic mass is 10.2. The fourth-order valence-electron chi connectivity index (χ4n) is 0.944. The van der Waals surface area contributed by atoms with Gasteiger partial charge in [-0.05, 0) is 36.3 Å².